The van der Waals surface area contributed by atoms with Crippen LogP contribution in [0.4, 0.5) is 0 Å². The predicted molar refractivity (Wildman–Crippen MR) is 81.4 cm³/mol. The topological polar surface area (TPSA) is 46.6 Å². The Kier molecular flexibility index (Phi) is 4.81. The second-order valence-corrected chi connectivity index (χ2v) is 8.23. The first kappa shape index (κ1) is 15.2. The number of halogens is 1. The molecular formula is C12H16BrNO3S2. The van der Waals surface area contributed by atoms with Crippen LogP contribution in [0.1, 0.15) is 6.92 Å². The lowest BCUT2D eigenvalue weighted by atomic mass is 10.3. The van der Waals surface area contributed by atoms with E-state index in [0.29, 0.717) is 21.7 Å². The Morgan fingerprint density at radius 3 is 2.79 bits per heavy atom. The van der Waals surface area contributed by atoms with Crippen molar-refractivity contribution in [1.29, 1.82) is 0 Å². The van der Waals surface area contributed by atoms with Gasteiger partial charge in [-0.15, -0.1) is 0 Å². The van der Waals surface area contributed by atoms with Gasteiger partial charge in [-0.25, -0.2) is 8.42 Å². The molecule has 2 rings (SSSR count). The Hall–Kier alpha value is -0.240. The zero-order chi connectivity index (χ0) is 14.0. The zero-order valence-corrected chi connectivity index (χ0v) is 14.0. The lowest BCUT2D eigenvalue weighted by molar-refractivity contribution is 0.367. The van der Waals surface area contributed by atoms with Gasteiger partial charge in [0.05, 0.1) is 16.5 Å². The second kappa shape index (κ2) is 6.03. The summed E-state index contributed by atoms with van der Waals surface area (Å²) in [5.41, 5.74) is 0. The van der Waals surface area contributed by atoms with Crippen molar-refractivity contribution < 1.29 is 13.2 Å². The Labute approximate surface area is 126 Å². The van der Waals surface area contributed by atoms with E-state index >= 15 is 0 Å². The molecule has 0 N–H and O–H groups in total. The molecule has 0 spiro atoms. The molecule has 7 heteroatoms. The molecule has 19 heavy (non-hydrogen) atoms. The highest BCUT2D eigenvalue weighted by atomic mass is 79.9. The average molecular weight is 366 g/mol. The van der Waals surface area contributed by atoms with E-state index in [1.807, 2.05) is 6.92 Å². The van der Waals surface area contributed by atoms with E-state index in [-0.39, 0.29) is 6.04 Å². The van der Waals surface area contributed by atoms with E-state index < -0.39 is 10.0 Å². The van der Waals surface area contributed by atoms with Gasteiger partial charge in [0, 0.05) is 24.1 Å². The van der Waals surface area contributed by atoms with Crippen LogP contribution < -0.4 is 4.74 Å². The zero-order valence-electron chi connectivity index (χ0n) is 10.8. The van der Waals surface area contributed by atoms with Crippen molar-refractivity contribution in [2.24, 2.45) is 0 Å². The minimum absolute atomic E-state index is 0.0321. The van der Waals surface area contributed by atoms with Gasteiger partial charge in [-0.2, -0.15) is 16.1 Å². The quantitative estimate of drug-likeness (QED) is 0.825. The van der Waals surface area contributed by atoms with E-state index in [0.717, 1.165) is 11.5 Å². The molecule has 1 aliphatic rings. The summed E-state index contributed by atoms with van der Waals surface area (Å²) >= 11 is 5.12. The third kappa shape index (κ3) is 3.09. The summed E-state index contributed by atoms with van der Waals surface area (Å²) in [6.07, 6.45) is 0. The molecule has 0 aromatic heterocycles. The van der Waals surface area contributed by atoms with Gasteiger partial charge in [0.15, 0.2) is 0 Å². The van der Waals surface area contributed by atoms with Gasteiger partial charge in [0.25, 0.3) is 0 Å². The molecule has 1 unspecified atom stereocenters. The predicted octanol–water partition coefficient (Wildman–Crippen LogP) is 2.58. The molecule has 0 saturated carbocycles. The van der Waals surface area contributed by atoms with Crippen LogP contribution in [0.2, 0.25) is 0 Å². The van der Waals surface area contributed by atoms with Gasteiger partial charge in [0.1, 0.15) is 5.75 Å². The summed E-state index contributed by atoms with van der Waals surface area (Å²) in [4.78, 5) is 0.305. The molecule has 1 heterocycles. The SMILES string of the molecule is COc1ccc(S(=O)(=O)N2CCSCC2C)cc1Br. The number of ether oxygens (including phenoxy) is 1. The van der Waals surface area contributed by atoms with Gasteiger partial charge in [-0.05, 0) is 41.1 Å². The van der Waals surface area contributed by atoms with Crippen molar-refractivity contribution in [1.82, 2.24) is 4.31 Å². The first-order chi connectivity index (χ1) is 8.96. The van der Waals surface area contributed by atoms with Crippen LogP contribution in [0, 0.1) is 0 Å². The number of benzene rings is 1. The molecule has 0 radical (unpaired) electrons. The molecule has 0 amide bonds. The van der Waals surface area contributed by atoms with Crippen LogP contribution in [-0.4, -0.2) is 43.9 Å². The highest BCUT2D eigenvalue weighted by Crippen LogP contribution is 2.30. The summed E-state index contributed by atoms with van der Waals surface area (Å²) in [5.74, 6) is 2.32. The first-order valence-electron chi connectivity index (χ1n) is 5.90. The van der Waals surface area contributed by atoms with Gasteiger partial charge in [-0.1, -0.05) is 0 Å². The van der Waals surface area contributed by atoms with Gasteiger partial charge in [-0.3, -0.25) is 0 Å². The largest absolute Gasteiger partial charge is 0.496 e. The average Bonchev–Trinajstić information content (AvgIpc) is 2.39. The monoisotopic (exact) mass is 365 g/mol. The maximum Gasteiger partial charge on any atom is 0.243 e. The van der Waals surface area contributed by atoms with Crippen molar-refractivity contribution in [2.45, 2.75) is 17.9 Å². The summed E-state index contributed by atoms with van der Waals surface area (Å²) < 4.78 is 32.6. The second-order valence-electron chi connectivity index (χ2n) is 4.34. The molecule has 106 valence electrons. The summed E-state index contributed by atoms with van der Waals surface area (Å²) in [7, 11) is -1.87. The van der Waals surface area contributed by atoms with E-state index in [2.05, 4.69) is 15.9 Å². The number of hydrogen-bond acceptors (Lipinski definition) is 4. The number of methoxy groups -OCH3 is 1. The van der Waals surface area contributed by atoms with Crippen molar-refractivity contribution in [3.8, 4) is 5.75 Å². The maximum absolute atomic E-state index is 12.6. The number of thioether (sulfide) groups is 1. The number of sulfonamides is 1. The fraction of sp³-hybridized carbons (Fsp3) is 0.500. The molecule has 1 aromatic rings. The highest BCUT2D eigenvalue weighted by Gasteiger charge is 2.31. The third-order valence-corrected chi connectivity index (χ3v) is 6.86. The molecule has 4 nitrogen and oxygen atoms in total. The van der Waals surface area contributed by atoms with Crippen LogP contribution >= 0.6 is 27.7 Å². The Balaban J connectivity index is 2.36. The molecule has 1 aromatic carbocycles. The van der Waals surface area contributed by atoms with Crippen molar-refractivity contribution >= 4 is 37.7 Å². The summed E-state index contributed by atoms with van der Waals surface area (Å²) in [6.45, 7) is 2.51. The lowest BCUT2D eigenvalue weighted by Gasteiger charge is -2.32. The van der Waals surface area contributed by atoms with Gasteiger partial charge in [0.2, 0.25) is 10.0 Å². The van der Waals surface area contributed by atoms with Crippen LogP contribution in [-0.2, 0) is 10.0 Å². The van der Waals surface area contributed by atoms with Gasteiger partial charge < -0.3 is 4.74 Å². The highest BCUT2D eigenvalue weighted by molar-refractivity contribution is 9.10. The van der Waals surface area contributed by atoms with Gasteiger partial charge >= 0.3 is 0 Å². The van der Waals surface area contributed by atoms with E-state index in [1.54, 1.807) is 41.4 Å². The Morgan fingerprint density at radius 1 is 1.47 bits per heavy atom. The molecule has 1 atom stereocenters. The first-order valence-corrected chi connectivity index (χ1v) is 9.28. The molecular weight excluding hydrogens is 350 g/mol. The van der Waals surface area contributed by atoms with Crippen molar-refractivity contribution in [3.63, 3.8) is 0 Å². The fourth-order valence-corrected chi connectivity index (χ4v) is 5.59. The van der Waals surface area contributed by atoms with Crippen LogP contribution in [0.25, 0.3) is 0 Å². The smallest absolute Gasteiger partial charge is 0.243 e. The fourth-order valence-electron chi connectivity index (χ4n) is 2.01. The number of hydrogen-bond donors (Lipinski definition) is 0. The minimum Gasteiger partial charge on any atom is -0.496 e. The molecule has 1 saturated heterocycles. The molecule has 1 aliphatic heterocycles. The number of nitrogens with zero attached hydrogens (tertiary/aromatic N) is 1. The Bertz CT molecular complexity index is 562. The normalized spacial score (nSPS) is 21.3. The van der Waals surface area contributed by atoms with E-state index in [4.69, 9.17) is 4.74 Å². The van der Waals surface area contributed by atoms with Crippen LogP contribution in [0.3, 0.4) is 0 Å². The lowest BCUT2D eigenvalue weighted by Crippen LogP contribution is -2.44. The van der Waals surface area contributed by atoms with Crippen molar-refractivity contribution in [3.05, 3.63) is 22.7 Å². The Morgan fingerprint density at radius 2 is 2.21 bits per heavy atom. The standard InChI is InChI=1S/C12H16BrNO3S2/c1-9-8-18-6-5-14(9)19(15,16)10-3-4-12(17-2)11(13)7-10/h3-4,7,9H,5-6,8H2,1-2H3. The van der Waals surface area contributed by atoms with Crippen LogP contribution in [0.15, 0.2) is 27.6 Å². The van der Waals surface area contributed by atoms with E-state index in [1.165, 1.54) is 0 Å². The van der Waals surface area contributed by atoms with Crippen molar-refractivity contribution in [2.75, 3.05) is 25.2 Å². The third-order valence-electron chi connectivity index (χ3n) is 3.04. The molecule has 0 aliphatic carbocycles. The molecule has 0 bridgehead atoms. The van der Waals surface area contributed by atoms with Crippen LogP contribution in [0.5, 0.6) is 5.75 Å². The number of rotatable bonds is 3. The minimum atomic E-state index is -3.42. The summed E-state index contributed by atoms with van der Waals surface area (Å²) in [6, 6.07) is 4.89. The molecule has 1 fully saturated rings. The maximum atomic E-state index is 12.6. The summed E-state index contributed by atoms with van der Waals surface area (Å²) in [5, 5.41) is 0. The van der Waals surface area contributed by atoms with E-state index in [9.17, 15) is 8.42 Å².